The lowest BCUT2D eigenvalue weighted by atomic mass is 9.46. The molecule has 2 N–H and O–H groups in total. The first-order valence-corrected chi connectivity index (χ1v) is 11.8. The first-order valence-electron chi connectivity index (χ1n) is 11.8. The molecule has 4 aliphatic carbocycles. The molecule has 0 aliphatic heterocycles. The number of aliphatic hydroxyl groups excluding tert-OH is 1. The van der Waals surface area contributed by atoms with Crippen LogP contribution in [-0.2, 0) is 0 Å². The van der Waals surface area contributed by atoms with Gasteiger partial charge in [-0.25, -0.2) is 0 Å². The zero-order chi connectivity index (χ0) is 19.4. The Kier molecular flexibility index (Phi) is 5.08. The topological polar surface area (TPSA) is 40.5 Å². The molecule has 0 aromatic rings. The van der Waals surface area contributed by atoms with Crippen molar-refractivity contribution < 1.29 is 10.2 Å². The minimum absolute atomic E-state index is 0.112. The molecule has 0 unspecified atom stereocenters. The average Bonchev–Trinajstić information content (AvgIpc) is 2.99. The standard InChI is InChI=1S/C25H42O2/c1-5-6-13-25(4,27)22-10-9-20-19-8-7-17-16-18(26)11-14-23(17,2)21(19)12-15-24(20,22)3/h7,18-22,26-27H,5-6,8-16H2,1-4H3/t18-,19-,20-,21-,22-,23-,24-,25+/m0/s1. The summed E-state index contributed by atoms with van der Waals surface area (Å²) in [5.74, 6) is 2.83. The third kappa shape index (κ3) is 3.05. The second kappa shape index (κ2) is 6.87. The average molecular weight is 375 g/mol. The molecule has 8 atom stereocenters. The maximum atomic E-state index is 11.4. The van der Waals surface area contributed by atoms with E-state index in [1.54, 1.807) is 5.57 Å². The van der Waals surface area contributed by atoms with Gasteiger partial charge in [0.05, 0.1) is 11.7 Å². The van der Waals surface area contributed by atoms with Crippen molar-refractivity contribution in [3.05, 3.63) is 11.6 Å². The Hall–Kier alpha value is -0.340. The van der Waals surface area contributed by atoms with E-state index < -0.39 is 5.60 Å². The van der Waals surface area contributed by atoms with Gasteiger partial charge in [0.25, 0.3) is 0 Å². The summed E-state index contributed by atoms with van der Waals surface area (Å²) in [6.45, 7) is 9.40. The molecule has 0 heterocycles. The van der Waals surface area contributed by atoms with Crippen molar-refractivity contribution in [2.45, 2.75) is 110 Å². The lowest BCUT2D eigenvalue weighted by Crippen LogP contribution is -2.53. The van der Waals surface area contributed by atoms with Crippen LogP contribution in [0.4, 0.5) is 0 Å². The quantitative estimate of drug-likeness (QED) is 0.604. The SMILES string of the molecule is CCCC[C@@](C)(O)[C@H]1CC[C@H]2[C@@H]3CC=C4C[C@@H](O)CC[C@]4(C)[C@H]3CC[C@@]21C. The van der Waals surface area contributed by atoms with Crippen molar-refractivity contribution in [2.75, 3.05) is 0 Å². The van der Waals surface area contributed by atoms with Gasteiger partial charge in [-0.3, -0.25) is 0 Å². The van der Waals surface area contributed by atoms with Gasteiger partial charge < -0.3 is 10.2 Å². The third-order valence-electron chi connectivity index (χ3n) is 9.87. The molecule has 154 valence electrons. The second-order valence-electron chi connectivity index (χ2n) is 11.3. The van der Waals surface area contributed by atoms with Gasteiger partial charge in [0.1, 0.15) is 0 Å². The zero-order valence-corrected chi connectivity index (χ0v) is 18.1. The van der Waals surface area contributed by atoms with Gasteiger partial charge >= 0.3 is 0 Å². The molecule has 3 saturated carbocycles. The van der Waals surface area contributed by atoms with Crippen LogP contribution in [0.1, 0.15) is 98.3 Å². The Balaban J connectivity index is 1.59. The molecule has 0 aromatic heterocycles. The Morgan fingerprint density at radius 2 is 1.89 bits per heavy atom. The van der Waals surface area contributed by atoms with E-state index in [-0.39, 0.29) is 6.10 Å². The highest BCUT2D eigenvalue weighted by atomic mass is 16.3. The van der Waals surface area contributed by atoms with Gasteiger partial charge in [0.2, 0.25) is 0 Å². The van der Waals surface area contributed by atoms with Crippen LogP contribution in [0.2, 0.25) is 0 Å². The number of fused-ring (bicyclic) bond motifs is 5. The van der Waals surface area contributed by atoms with E-state index in [4.69, 9.17) is 0 Å². The van der Waals surface area contributed by atoms with Gasteiger partial charge in [-0.15, -0.1) is 0 Å². The van der Waals surface area contributed by atoms with Crippen molar-refractivity contribution in [1.29, 1.82) is 0 Å². The van der Waals surface area contributed by atoms with Crippen LogP contribution in [0, 0.1) is 34.5 Å². The fourth-order valence-corrected chi connectivity index (χ4v) is 8.37. The van der Waals surface area contributed by atoms with E-state index in [0.29, 0.717) is 16.7 Å². The normalized spacial score (nSPS) is 48.8. The molecule has 27 heavy (non-hydrogen) atoms. The number of allylic oxidation sites excluding steroid dienone is 1. The first kappa shape index (κ1) is 20.0. The van der Waals surface area contributed by atoms with Gasteiger partial charge in [-0.05, 0) is 99.2 Å². The fourth-order valence-electron chi connectivity index (χ4n) is 8.37. The minimum atomic E-state index is -0.499. The molecule has 3 fully saturated rings. The van der Waals surface area contributed by atoms with Crippen molar-refractivity contribution in [3.63, 3.8) is 0 Å². The van der Waals surface area contributed by atoms with E-state index in [0.717, 1.165) is 43.4 Å². The van der Waals surface area contributed by atoms with Crippen LogP contribution >= 0.6 is 0 Å². The molecule has 0 radical (unpaired) electrons. The van der Waals surface area contributed by atoms with E-state index in [1.807, 2.05) is 0 Å². The molecule has 4 aliphatic rings. The van der Waals surface area contributed by atoms with E-state index in [2.05, 4.69) is 33.8 Å². The maximum absolute atomic E-state index is 11.4. The molecule has 0 saturated heterocycles. The summed E-state index contributed by atoms with van der Waals surface area (Å²) in [5, 5.41) is 21.5. The molecule has 2 heteroatoms. The van der Waals surface area contributed by atoms with Crippen molar-refractivity contribution in [3.8, 4) is 0 Å². The third-order valence-corrected chi connectivity index (χ3v) is 9.87. The van der Waals surface area contributed by atoms with Crippen LogP contribution in [0.15, 0.2) is 11.6 Å². The smallest absolute Gasteiger partial charge is 0.0653 e. The lowest BCUT2D eigenvalue weighted by molar-refractivity contribution is -0.105. The van der Waals surface area contributed by atoms with E-state index >= 15 is 0 Å². The van der Waals surface area contributed by atoms with Crippen LogP contribution in [0.5, 0.6) is 0 Å². The van der Waals surface area contributed by atoms with Gasteiger partial charge in [-0.2, -0.15) is 0 Å². The molecular weight excluding hydrogens is 332 g/mol. The van der Waals surface area contributed by atoms with Crippen molar-refractivity contribution in [1.82, 2.24) is 0 Å². The summed E-state index contributed by atoms with van der Waals surface area (Å²) in [5.41, 5.74) is 1.71. The summed E-state index contributed by atoms with van der Waals surface area (Å²) in [6.07, 6.45) is 15.1. The van der Waals surface area contributed by atoms with Crippen LogP contribution in [0.3, 0.4) is 0 Å². The summed E-state index contributed by atoms with van der Waals surface area (Å²) in [7, 11) is 0. The molecule has 0 amide bonds. The fraction of sp³-hybridized carbons (Fsp3) is 0.920. The Morgan fingerprint density at radius 3 is 2.63 bits per heavy atom. The maximum Gasteiger partial charge on any atom is 0.0653 e. The predicted octanol–water partition coefficient (Wildman–Crippen LogP) is 5.87. The van der Waals surface area contributed by atoms with Crippen molar-refractivity contribution >= 4 is 0 Å². The van der Waals surface area contributed by atoms with Gasteiger partial charge in [-0.1, -0.05) is 45.3 Å². The van der Waals surface area contributed by atoms with Gasteiger partial charge in [0.15, 0.2) is 0 Å². The van der Waals surface area contributed by atoms with Crippen molar-refractivity contribution in [2.24, 2.45) is 34.5 Å². The second-order valence-corrected chi connectivity index (χ2v) is 11.3. The molecule has 0 aromatic carbocycles. The first-order chi connectivity index (χ1) is 12.7. The van der Waals surface area contributed by atoms with Crippen LogP contribution < -0.4 is 0 Å². The minimum Gasteiger partial charge on any atom is -0.393 e. The highest BCUT2D eigenvalue weighted by Gasteiger charge is 2.61. The Labute approximate surface area is 166 Å². The number of hydrogen-bond acceptors (Lipinski definition) is 2. The highest BCUT2D eigenvalue weighted by molar-refractivity contribution is 5.25. The van der Waals surface area contributed by atoms with Crippen LogP contribution in [-0.4, -0.2) is 21.9 Å². The lowest BCUT2D eigenvalue weighted by Gasteiger charge is -2.59. The number of rotatable bonds is 4. The van der Waals surface area contributed by atoms with E-state index in [9.17, 15) is 10.2 Å². The Bertz CT molecular complexity index is 593. The summed E-state index contributed by atoms with van der Waals surface area (Å²) in [4.78, 5) is 0. The largest absolute Gasteiger partial charge is 0.393 e. The number of aliphatic hydroxyl groups is 2. The highest BCUT2D eigenvalue weighted by Crippen LogP contribution is 2.67. The number of unbranched alkanes of at least 4 members (excludes halogenated alkanes) is 1. The summed E-state index contributed by atoms with van der Waals surface area (Å²) < 4.78 is 0. The monoisotopic (exact) mass is 374 g/mol. The van der Waals surface area contributed by atoms with E-state index in [1.165, 1.54) is 44.9 Å². The molecule has 0 bridgehead atoms. The molecule has 4 rings (SSSR count). The van der Waals surface area contributed by atoms with Gasteiger partial charge in [0, 0.05) is 0 Å². The number of hydrogen-bond donors (Lipinski definition) is 2. The molecule has 0 spiro atoms. The Morgan fingerprint density at radius 1 is 1.11 bits per heavy atom. The predicted molar refractivity (Wildman–Crippen MR) is 111 cm³/mol. The summed E-state index contributed by atoms with van der Waals surface area (Å²) >= 11 is 0. The zero-order valence-electron chi connectivity index (χ0n) is 18.1. The molecular formula is C25H42O2. The molecule has 2 nitrogen and oxygen atoms in total. The summed E-state index contributed by atoms with van der Waals surface area (Å²) in [6, 6.07) is 0. The van der Waals surface area contributed by atoms with Crippen LogP contribution in [0.25, 0.3) is 0 Å².